The van der Waals surface area contributed by atoms with E-state index in [4.69, 9.17) is 16.6 Å². The van der Waals surface area contributed by atoms with Gasteiger partial charge in [-0.15, -0.1) is 0 Å². The van der Waals surface area contributed by atoms with E-state index in [1.165, 1.54) is 16.9 Å². The van der Waals surface area contributed by atoms with E-state index in [0.717, 1.165) is 39.7 Å². The summed E-state index contributed by atoms with van der Waals surface area (Å²) in [5.41, 5.74) is 5.97. The van der Waals surface area contributed by atoms with Crippen LogP contribution in [0.5, 0.6) is 5.75 Å². The maximum Gasteiger partial charge on any atom is 0.271 e. The summed E-state index contributed by atoms with van der Waals surface area (Å²) >= 11 is 10.9. The lowest BCUT2D eigenvalue weighted by atomic mass is 9.83. The zero-order valence-electron chi connectivity index (χ0n) is 17.8. The third kappa shape index (κ3) is 3.49. The molecule has 0 spiro atoms. The van der Waals surface area contributed by atoms with E-state index in [1.807, 2.05) is 24.3 Å². The first-order valence-corrected chi connectivity index (χ1v) is 12.9. The van der Waals surface area contributed by atoms with Crippen molar-refractivity contribution in [2.75, 3.05) is 0 Å². The molecule has 6 rings (SSSR count). The Morgan fingerprint density at radius 2 is 1.85 bits per heavy atom. The molecule has 0 saturated carbocycles. The van der Waals surface area contributed by atoms with Gasteiger partial charge in [-0.3, -0.25) is 9.36 Å². The molecule has 1 aliphatic carbocycles. The lowest BCUT2D eigenvalue weighted by Crippen LogP contribution is -2.38. The van der Waals surface area contributed by atoms with Gasteiger partial charge in [0.05, 0.1) is 21.3 Å². The number of hydrogen-bond donors (Lipinski definition) is 1. The minimum Gasteiger partial charge on any atom is -0.506 e. The highest BCUT2D eigenvalue weighted by Crippen LogP contribution is 2.41. The van der Waals surface area contributed by atoms with E-state index in [-0.39, 0.29) is 22.4 Å². The average molecular weight is 550 g/mol. The smallest absolute Gasteiger partial charge is 0.271 e. The summed E-state index contributed by atoms with van der Waals surface area (Å²) in [6.07, 6.45) is 3.46. The van der Waals surface area contributed by atoms with Crippen molar-refractivity contribution in [1.82, 2.24) is 4.57 Å². The van der Waals surface area contributed by atoms with Crippen molar-refractivity contribution in [2.24, 2.45) is 4.99 Å². The molecular formula is C27H18BrClN2O2S. The van der Waals surface area contributed by atoms with Crippen LogP contribution in [0.1, 0.15) is 34.7 Å². The van der Waals surface area contributed by atoms with Gasteiger partial charge in [-0.2, -0.15) is 0 Å². The molecule has 1 atom stereocenters. The van der Waals surface area contributed by atoms with Gasteiger partial charge in [0.15, 0.2) is 4.80 Å². The van der Waals surface area contributed by atoms with Crippen LogP contribution in [-0.2, 0) is 6.42 Å². The molecule has 7 heteroatoms. The van der Waals surface area contributed by atoms with Crippen LogP contribution in [-0.4, -0.2) is 9.67 Å². The highest BCUT2D eigenvalue weighted by atomic mass is 79.9. The fourth-order valence-corrected chi connectivity index (χ4v) is 6.62. The van der Waals surface area contributed by atoms with Crippen molar-refractivity contribution in [2.45, 2.75) is 18.9 Å². The summed E-state index contributed by atoms with van der Waals surface area (Å²) in [6, 6.07) is 21.6. The summed E-state index contributed by atoms with van der Waals surface area (Å²) in [5, 5.41) is 10.7. The summed E-state index contributed by atoms with van der Waals surface area (Å²) in [6.45, 7) is 0. The van der Waals surface area contributed by atoms with Crippen molar-refractivity contribution >= 4 is 50.6 Å². The van der Waals surface area contributed by atoms with E-state index in [0.29, 0.717) is 14.9 Å². The molecule has 1 unspecified atom stereocenters. The molecule has 3 aromatic carbocycles. The van der Waals surface area contributed by atoms with Crippen molar-refractivity contribution in [3.05, 3.63) is 124 Å². The van der Waals surface area contributed by atoms with Crippen molar-refractivity contribution in [3.8, 4) is 5.75 Å². The molecule has 168 valence electrons. The minimum atomic E-state index is -0.220. The van der Waals surface area contributed by atoms with Crippen LogP contribution in [0.3, 0.4) is 0 Å². The number of aromatic hydroxyl groups is 1. The standard InChI is InChI=1S/C27H18BrClN2O2S/c28-18-12-17(25(32)21(29)14-18)13-22-26(33)31-24(16-7-2-1-3-8-16)20-11-10-15-6-4-5-9-19(15)23(20)30-27(31)34-22/h1-9,12-14,24,32H,10-11H2. The topological polar surface area (TPSA) is 54.6 Å². The third-order valence-electron chi connectivity index (χ3n) is 6.33. The SMILES string of the molecule is O=c1c(=Cc2cc(Br)cc(Cl)c2O)sc2n1C(c1ccccc1)C1=C(N=2)c2ccccc2CC1. The van der Waals surface area contributed by atoms with Gasteiger partial charge in [0.1, 0.15) is 5.75 Å². The monoisotopic (exact) mass is 548 g/mol. The Morgan fingerprint density at radius 1 is 1.09 bits per heavy atom. The largest absolute Gasteiger partial charge is 0.506 e. The summed E-state index contributed by atoms with van der Waals surface area (Å²) in [5.74, 6) is -0.0523. The molecule has 4 aromatic rings. The third-order valence-corrected chi connectivity index (χ3v) is 8.06. The van der Waals surface area contributed by atoms with Gasteiger partial charge in [0, 0.05) is 15.6 Å². The number of fused-ring (bicyclic) bond motifs is 3. The van der Waals surface area contributed by atoms with Gasteiger partial charge in [0.2, 0.25) is 0 Å². The number of benzene rings is 3. The lowest BCUT2D eigenvalue weighted by Gasteiger charge is -2.30. The molecular weight excluding hydrogens is 532 g/mol. The number of phenolic OH excluding ortho intramolecular Hbond substituents is 1. The molecule has 0 fully saturated rings. The van der Waals surface area contributed by atoms with E-state index >= 15 is 0 Å². The van der Waals surface area contributed by atoms with Crippen molar-refractivity contribution in [1.29, 1.82) is 0 Å². The molecule has 0 bridgehead atoms. The second-order valence-electron chi connectivity index (χ2n) is 8.35. The van der Waals surface area contributed by atoms with Gasteiger partial charge in [-0.05, 0) is 47.8 Å². The minimum absolute atomic E-state index is 0.0523. The number of allylic oxidation sites excluding steroid dienone is 1. The molecule has 34 heavy (non-hydrogen) atoms. The second-order valence-corrected chi connectivity index (χ2v) is 10.7. The molecule has 0 saturated heterocycles. The van der Waals surface area contributed by atoms with Crippen LogP contribution in [0.25, 0.3) is 11.8 Å². The Labute approximate surface area is 212 Å². The van der Waals surface area contributed by atoms with Gasteiger partial charge in [-0.25, -0.2) is 4.99 Å². The number of phenols is 1. The predicted molar refractivity (Wildman–Crippen MR) is 140 cm³/mol. The molecule has 0 amide bonds. The molecule has 1 N–H and O–H groups in total. The van der Waals surface area contributed by atoms with E-state index in [2.05, 4.69) is 46.3 Å². The van der Waals surface area contributed by atoms with Gasteiger partial charge in [-0.1, -0.05) is 93.5 Å². The average Bonchev–Trinajstić information content (AvgIpc) is 3.16. The number of hydrogen-bond acceptors (Lipinski definition) is 4. The quantitative estimate of drug-likeness (QED) is 0.362. The Bertz CT molecular complexity index is 1670. The van der Waals surface area contributed by atoms with Gasteiger partial charge < -0.3 is 5.11 Å². The summed E-state index contributed by atoms with van der Waals surface area (Å²) < 4.78 is 3.02. The fourth-order valence-electron chi connectivity index (χ4n) is 4.79. The van der Waals surface area contributed by atoms with Crippen LogP contribution in [0.4, 0.5) is 0 Å². The van der Waals surface area contributed by atoms with Crippen molar-refractivity contribution in [3.63, 3.8) is 0 Å². The zero-order valence-corrected chi connectivity index (χ0v) is 21.0. The number of halogens is 2. The molecule has 2 aliphatic rings. The maximum absolute atomic E-state index is 13.7. The zero-order chi connectivity index (χ0) is 23.4. The van der Waals surface area contributed by atoms with Gasteiger partial charge >= 0.3 is 0 Å². The van der Waals surface area contributed by atoms with Crippen LogP contribution in [0.15, 0.2) is 86.6 Å². The van der Waals surface area contributed by atoms with E-state index in [1.54, 1.807) is 22.8 Å². The Morgan fingerprint density at radius 3 is 2.68 bits per heavy atom. The molecule has 1 aromatic heterocycles. The first-order valence-electron chi connectivity index (χ1n) is 10.9. The Balaban J connectivity index is 1.64. The van der Waals surface area contributed by atoms with Crippen LogP contribution >= 0.6 is 38.9 Å². The molecule has 2 heterocycles. The second kappa shape index (κ2) is 8.38. The van der Waals surface area contributed by atoms with Crippen LogP contribution in [0, 0.1) is 0 Å². The lowest BCUT2D eigenvalue weighted by molar-refractivity contribution is 0.474. The summed E-state index contributed by atoms with van der Waals surface area (Å²) in [7, 11) is 0. The molecule has 1 aliphatic heterocycles. The van der Waals surface area contributed by atoms with Crippen molar-refractivity contribution < 1.29 is 5.11 Å². The number of thiazole rings is 1. The maximum atomic E-state index is 13.7. The molecule has 4 nitrogen and oxygen atoms in total. The highest BCUT2D eigenvalue weighted by Gasteiger charge is 2.32. The highest BCUT2D eigenvalue weighted by molar-refractivity contribution is 9.10. The first kappa shape index (κ1) is 21.6. The number of aryl methyl sites for hydroxylation is 1. The summed E-state index contributed by atoms with van der Waals surface area (Å²) in [4.78, 5) is 19.4. The van der Waals surface area contributed by atoms with E-state index in [9.17, 15) is 9.90 Å². The Hall–Kier alpha value is -2.93. The van der Waals surface area contributed by atoms with E-state index < -0.39 is 0 Å². The number of nitrogens with zero attached hydrogens (tertiary/aromatic N) is 2. The number of rotatable bonds is 2. The molecule has 0 radical (unpaired) electrons. The number of aromatic nitrogens is 1. The normalized spacial score (nSPS) is 17.1. The van der Waals surface area contributed by atoms with Crippen LogP contribution < -0.4 is 14.9 Å². The van der Waals surface area contributed by atoms with Gasteiger partial charge in [0.25, 0.3) is 5.56 Å². The van der Waals surface area contributed by atoms with Crippen LogP contribution in [0.2, 0.25) is 5.02 Å². The first-order chi connectivity index (χ1) is 16.5. The Kier molecular flexibility index (Phi) is 5.32. The fraction of sp³-hybridized carbons (Fsp3) is 0.111. The predicted octanol–water partition coefficient (Wildman–Crippen LogP) is 5.44.